The van der Waals surface area contributed by atoms with Crippen LogP contribution in [0.4, 0.5) is 0 Å². The lowest BCUT2D eigenvalue weighted by Crippen LogP contribution is -2.34. The van der Waals surface area contributed by atoms with Crippen molar-refractivity contribution in [2.75, 3.05) is 13.7 Å². The number of hydrogen-bond donors (Lipinski definition) is 1. The molecule has 2 unspecified atom stereocenters. The van der Waals surface area contributed by atoms with Crippen LogP contribution in [0.2, 0.25) is 0 Å². The zero-order valence-electron chi connectivity index (χ0n) is 11.6. The van der Waals surface area contributed by atoms with E-state index >= 15 is 0 Å². The monoisotopic (exact) mass is 260 g/mol. The number of amides is 1. The molecule has 1 aliphatic carbocycles. The molecular formula is C15H20N2O2. The Labute approximate surface area is 113 Å². The summed E-state index contributed by atoms with van der Waals surface area (Å²) in [6, 6.07) is 8.28. The second-order valence-corrected chi connectivity index (χ2v) is 6.07. The van der Waals surface area contributed by atoms with Crippen LogP contribution in [0.25, 0.3) is 0 Å². The topological polar surface area (TPSA) is 41.6 Å². The van der Waals surface area contributed by atoms with E-state index in [0.29, 0.717) is 12.6 Å². The van der Waals surface area contributed by atoms with Gasteiger partial charge in [-0.25, -0.2) is 0 Å². The summed E-state index contributed by atoms with van der Waals surface area (Å²) in [5.74, 6) is 1.03. The van der Waals surface area contributed by atoms with Crippen molar-refractivity contribution in [3.63, 3.8) is 0 Å². The van der Waals surface area contributed by atoms with Crippen LogP contribution in [-0.4, -0.2) is 30.5 Å². The Morgan fingerprint density at radius 2 is 2.16 bits per heavy atom. The molecule has 4 heteroatoms. The van der Waals surface area contributed by atoms with Gasteiger partial charge in [-0.1, -0.05) is 26.0 Å². The standard InChI is InChI=1S/C15H20N2O2/c1-15(2)8-12(15)17-13(18)9-16-14(17)10-5-4-6-11(7-10)19-3/h4-7,12,14,16H,8-9H2,1-3H3. The van der Waals surface area contributed by atoms with Gasteiger partial charge in [-0.3, -0.25) is 10.1 Å². The Morgan fingerprint density at radius 1 is 1.42 bits per heavy atom. The molecule has 102 valence electrons. The van der Waals surface area contributed by atoms with Crippen molar-refractivity contribution in [3.05, 3.63) is 29.8 Å². The third-order valence-corrected chi connectivity index (χ3v) is 4.22. The van der Waals surface area contributed by atoms with Gasteiger partial charge >= 0.3 is 0 Å². The molecule has 0 bridgehead atoms. The molecule has 2 atom stereocenters. The third-order valence-electron chi connectivity index (χ3n) is 4.22. The maximum atomic E-state index is 12.1. The Bertz CT molecular complexity index is 513. The number of benzene rings is 1. The first-order chi connectivity index (χ1) is 9.03. The highest BCUT2D eigenvalue weighted by Crippen LogP contribution is 2.51. The van der Waals surface area contributed by atoms with Crippen molar-refractivity contribution in [1.82, 2.24) is 10.2 Å². The van der Waals surface area contributed by atoms with E-state index in [-0.39, 0.29) is 17.5 Å². The van der Waals surface area contributed by atoms with Crippen LogP contribution in [0.5, 0.6) is 5.75 Å². The van der Waals surface area contributed by atoms with Gasteiger partial charge in [0.25, 0.3) is 0 Å². The van der Waals surface area contributed by atoms with Crippen LogP contribution in [0.15, 0.2) is 24.3 Å². The van der Waals surface area contributed by atoms with E-state index in [1.807, 2.05) is 29.2 Å². The number of ether oxygens (including phenoxy) is 1. The largest absolute Gasteiger partial charge is 0.497 e. The molecule has 0 radical (unpaired) electrons. The lowest BCUT2D eigenvalue weighted by molar-refractivity contribution is -0.129. The molecule has 2 aliphatic rings. The molecule has 2 fully saturated rings. The normalized spacial score (nSPS) is 28.6. The van der Waals surface area contributed by atoms with Gasteiger partial charge in [0.05, 0.1) is 13.7 Å². The highest BCUT2D eigenvalue weighted by molar-refractivity contribution is 5.81. The molecule has 1 aromatic carbocycles. The summed E-state index contributed by atoms with van der Waals surface area (Å²) in [7, 11) is 1.66. The van der Waals surface area contributed by atoms with Gasteiger partial charge in [0.1, 0.15) is 11.9 Å². The van der Waals surface area contributed by atoms with Crippen LogP contribution >= 0.6 is 0 Å². The van der Waals surface area contributed by atoms with Gasteiger partial charge < -0.3 is 9.64 Å². The fourth-order valence-electron chi connectivity index (χ4n) is 2.88. The zero-order valence-corrected chi connectivity index (χ0v) is 11.6. The molecule has 1 amide bonds. The van der Waals surface area contributed by atoms with Crippen molar-refractivity contribution >= 4 is 5.91 Å². The van der Waals surface area contributed by atoms with E-state index in [4.69, 9.17) is 4.74 Å². The molecule has 4 nitrogen and oxygen atoms in total. The maximum absolute atomic E-state index is 12.1. The van der Waals surface area contributed by atoms with Crippen LogP contribution in [0, 0.1) is 5.41 Å². The zero-order chi connectivity index (χ0) is 13.6. The van der Waals surface area contributed by atoms with E-state index in [2.05, 4.69) is 19.2 Å². The molecular weight excluding hydrogens is 240 g/mol. The molecule has 1 heterocycles. The Balaban J connectivity index is 1.88. The van der Waals surface area contributed by atoms with Crippen molar-refractivity contribution in [1.29, 1.82) is 0 Å². The van der Waals surface area contributed by atoms with E-state index in [9.17, 15) is 4.79 Å². The summed E-state index contributed by atoms with van der Waals surface area (Å²) >= 11 is 0. The first-order valence-electron chi connectivity index (χ1n) is 6.71. The van der Waals surface area contributed by atoms with Gasteiger partial charge in [0, 0.05) is 6.04 Å². The molecule has 3 rings (SSSR count). The second kappa shape index (κ2) is 4.23. The van der Waals surface area contributed by atoms with Crippen LogP contribution in [0.3, 0.4) is 0 Å². The summed E-state index contributed by atoms with van der Waals surface area (Å²) < 4.78 is 5.26. The first-order valence-corrected chi connectivity index (χ1v) is 6.71. The highest BCUT2D eigenvalue weighted by Gasteiger charge is 2.54. The summed E-state index contributed by atoms with van der Waals surface area (Å²) in [6.07, 6.45) is 1.07. The van der Waals surface area contributed by atoms with Crippen molar-refractivity contribution < 1.29 is 9.53 Å². The van der Waals surface area contributed by atoms with Crippen LogP contribution < -0.4 is 10.1 Å². The molecule has 1 N–H and O–H groups in total. The summed E-state index contributed by atoms with van der Waals surface area (Å²) in [6.45, 7) is 4.85. The highest BCUT2D eigenvalue weighted by atomic mass is 16.5. The number of methoxy groups -OCH3 is 1. The van der Waals surface area contributed by atoms with Crippen molar-refractivity contribution in [3.8, 4) is 5.75 Å². The summed E-state index contributed by atoms with van der Waals surface area (Å²) in [5, 5.41) is 3.30. The molecule has 1 saturated heterocycles. The van der Waals surface area contributed by atoms with Gasteiger partial charge in [0.15, 0.2) is 0 Å². The minimum atomic E-state index is -0.0191. The summed E-state index contributed by atoms with van der Waals surface area (Å²) in [5.41, 5.74) is 1.34. The molecule has 1 aliphatic heterocycles. The van der Waals surface area contributed by atoms with E-state index in [0.717, 1.165) is 17.7 Å². The van der Waals surface area contributed by atoms with Gasteiger partial charge in [-0.05, 0) is 29.5 Å². The molecule has 1 aromatic rings. The lowest BCUT2D eigenvalue weighted by Gasteiger charge is -2.26. The van der Waals surface area contributed by atoms with E-state index in [1.165, 1.54) is 0 Å². The van der Waals surface area contributed by atoms with Gasteiger partial charge in [-0.2, -0.15) is 0 Å². The molecule has 19 heavy (non-hydrogen) atoms. The Hall–Kier alpha value is -1.55. The van der Waals surface area contributed by atoms with E-state index < -0.39 is 0 Å². The minimum absolute atomic E-state index is 0.0191. The fraction of sp³-hybridized carbons (Fsp3) is 0.533. The first kappa shape index (κ1) is 12.5. The van der Waals surface area contributed by atoms with Crippen molar-refractivity contribution in [2.24, 2.45) is 5.41 Å². The smallest absolute Gasteiger partial charge is 0.238 e. The minimum Gasteiger partial charge on any atom is -0.497 e. The number of carbonyl (C=O) groups excluding carboxylic acids is 1. The Kier molecular flexibility index (Phi) is 2.78. The van der Waals surface area contributed by atoms with Gasteiger partial charge in [0.2, 0.25) is 5.91 Å². The molecule has 1 saturated carbocycles. The van der Waals surface area contributed by atoms with E-state index in [1.54, 1.807) is 7.11 Å². The number of nitrogens with zero attached hydrogens (tertiary/aromatic N) is 1. The van der Waals surface area contributed by atoms with Crippen LogP contribution in [-0.2, 0) is 4.79 Å². The number of carbonyl (C=O) groups is 1. The Morgan fingerprint density at radius 3 is 2.79 bits per heavy atom. The number of nitrogens with one attached hydrogen (secondary N) is 1. The maximum Gasteiger partial charge on any atom is 0.238 e. The third kappa shape index (κ3) is 2.10. The molecule has 0 spiro atoms. The molecule has 0 aromatic heterocycles. The number of rotatable bonds is 3. The fourth-order valence-corrected chi connectivity index (χ4v) is 2.88. The number of hydrogen-bond acceptors (Lipinski definition) is 3. The van der Waals surface area contributed by atoms with Gasteiger partial charge in [-0.15, -0.1) is 0 Å². The second-order valence-electron chi connectivity index (χ2n) is 6.07. The predicted octanol–water partition coefficient (Wildman–Crippen LogP) is 1.92. The lowest BCUT2D eigenvalue weighted by atomic mass is 10.1. The predicted molar refractivity (Wildman–Crippen MR) is 72.8 cm³/mol. The van der Waals surface area contributed by atoms with Crippen molar-refractivity contribution in [2.45, 2.75) is 32.5 Å². The summed E-state index contributed by atoms with van der Waals surface area (Å²) in [4.78, 5) is 14.1. The average molecular weight is 260 g/mol. The average Bonchev–Trinajstić information content (AvgIpc) is 2.84. The SMILES string of the molecule is COc1cccc(C2NCC(=O)N2C2CC2(C)C)c1. The quantitative estimate of drug-likeness (QED) is 0.903. The van der Waals surface area contributed by atoms with Crippen LogP contribution in [0.1, 0.15) is 32.0 Å².